The molecule has 0 N–H and O–H groups in total. The van der Waals surface area contributed by atoms with Crippen LogP contribution in [-0.4, -0.2) is 6.21 Å². The number of hydrogen-bond acceptors (Lipinski definition) is 2. The topological polar surface area (TPSA) is 21.6 Å². The van der Waals surface area contributed by atoms with Crippen molar-refractivity contribution in [3.8, 4) is 11.8 Å². The summed E-state index contributed by atoms with van der Waals surface area (Å²) < 4.78 is 1.03. The van der Waals surface area contributed by atoms with Crippen molar-refractivity contribution in [2.75, 3.05) is 0 Å². The minimum Gasteiger partial charge on any atom is -0.374 e. The molecule has 0 aromatic heterocycles. The van der Waals surface area contributed by atoms with E-state index in [1.165, 1.54) is 0 Å². The van der Waals surface area contributed by atoms with Crippen molar-refractivity contribution in [1.82, 2.24) is 0 Å². The fraction of sp³-hybridized carbons (Fsp3) is 0.0455. The van der Waals surface area contributed by atoms with Crippen molar-refractivity contribution in [3.63, 3.8) is 0 Å². The SMILES string of the molecule is Brc1ccc(/C=N/OC(C#Cc2ccccc2)c2ccccc2)cc1. The molecule has 2 nitrogen and oxygen atoms in total. The molecule has 3 heteroatoms. The molecular formula is C22H16BrNO. The largest absolute Gasteiger partial charge is 0.374 e. The molecule has 122 valence electrons. The van der Waals surface area contributed by atoms with E-state index in [9.17, 15) is 0 Å². The van der Waals surface area contributed by atoms with Crippen molar-refractivity contribution in [2.45, 2.75) is 6.10 Å². The Morgan fingerprint density at radius 3 is 2.16 bits per heavy atom. The highest BCUT2D eigenvalue weighted by molar-refractivity contribution is 9.10. The van der Waals surface area contributed by atoms with Crippen LogP contribution >= 0.6 is 15.9 Å². The van der Waals surface area contributed by atoms with Crippen LogP contribution in [0.4, 0.5) is 0 Å². The van der Waals surface area contributed by atoms with Gasteiger partial charge < -0.3 is 4.84 Å². The summed E-state index contributed by atoms with van der Waals surface area (Å²) in [5, 5.41) is 4.12. The molecule has 3 rings (SSSR count). The van der Waals surface area contributed by atoms with Gasteiger partial charge in [-0.05, 0) is 35.7 Å². The molecule has 25 heavy (non-hydrogen) atoms. The molecule has 0 saturated heterocycles. The number of benzene rings is 3. The highest BCUT2D eigenvalue weighted by Gasteiger charge is 2.08. The van der Waals surface area contributed by atoms with Gasteiger partial charge in [-0.1, -0.05) is 87.7 Å². The third-order valence-corrected chi connectivity index (χ3v) is 3.99. The van der Waals surface area contributed by atoms with Crippen LogP contribution in [0, 0.1) is 11.8 Å². The molecule has 3 aromatic rings. The fourth-order valence-electron chi connectivity index (χ4n) is 2.17. The van der Waals surface area contributed by atoms with Crippen LogP contribution in [0.15, 0.2) is 94.6 Å². The lowest BCUT2D eigenvalue weighted by molar-refractivity contribution is 0.101. The maximum atomic E-state index is 5.67. The van der Waals surface area contributed by atoms with Crippen LogP contribution in [-0.2, 0) is 4.84 Å². The van der Waals surface area contributed by atoms with Crippen LogP contribution in [0.3, 0.4) is 0 Å². The van der Waals surface area contributed by atoms with Crippen molar-refractivity contribution in [2.24, 2.45) is 5.16 Å². The molecule has 0 radical (unpaired) electrons. The second-order valence-electron chi connectivity index (χ2n) is 5.32. The third kappa shape index (κ3) is 5.34. The van der Waals surface area contributed by atoms with E-state index in [0.29, 0.717) is 0 Å². The van der Waals surface area contributed by atoms with Crippen LogP contribution < -0.4 is 0 Å². The molecule has 0 aliphatic carbocycles. The summed E-state index contributed by atoms with van der Waals surface area (Å²) in [5.74, 6) is 6.30. The summed E-state index contributed by atoms with van der Waals surface area (Å²) in [6, 6.07) is 27.6. The Morgan fingerprint density at radius 2 is 1.48 bits per heavy atom. The standard InChI is InChI=1S/C22H16BrNO/c23-21-14-11-19(12-15-21)17-24-25-22(20-9-5-2-6-10-20)16-13-18-7-3-1-4-8-18/h1-12,14-15,17,22H/b24-17+. The summed E-state index contributed by atoms with van der Waals surface area (Å²) in [6.07, 6.45) is 1.26. The minimum atomic E-state index is -0.423. The number of halogens is 1. The molecule has 3 aromatic carbocycles. The molecular weight excluding hydrogens is 374 g/mol. The van der Waals surface area contributed by atoms with E-state index in [2.05, 4.69) is 32.9 Å². The number of nitrogens with zero attached hydrogens (tertiary/aromatic N) is 1. The Balaban J connectivity index is 1.77. The zero-order valence-corrected chi connectivity index (χ0v) is 15.1. The zero-order chi connectivity index (χ0) is 17.3. The summed E-state index contributed by atoms with van der Waals surface area (Å²) in [7, 11) is 0. The first-order valence-electron chi connectivity index (χ1n) is 7.87. The van der Waals surface area contributed by atoms with Crippen molar-refractivity contribution in [1.29, 1.82) is 0 Å². The van der Waals surface area contributed by atoms with Crippen molar-refractivity contribution >= 4 is 22.1 Å². The Bertz CT molecular complexity index is 878. The Labute approximate surface area is 156 Å². The molecule has 1 atom stereocenters. The molecule has 0 aliphatic rings. The highest BCUT2D eigenvalue weighted by Crippen LogP contribution is 2.17. The van der Waals surface area contributed by atoms with Crippen LogP contribution in [0.5, 0.6) is 0 Å². The van der Waals surface area contributed by atoms with Gasteiger partial charge in [0, 0.05) is 15.6 Å². The van der Waals surface area contributed by atoms with Crippen LogP contribution in [0.2, 0.25) is 0 Å². The summed E-state index contributed by atoms with van der Waals surface area (Å²) in [5.41, 5.74) is 2.88. The average Bonchev–Trinajstić information content (AvgIpc) is 2.67. The summed E-state index contributed by atoms with van der Waals surface area (Å²) in [6.45, 7) is 0. The van der Waals surface area contributed by atoms with Gasteiger partial charge in [-0.2, -0.15) is 0 Å². The van der Waals surface area contributed by atoms with Crippen LogP contribution in [0.1, 0.15) is 22.8 Å². The van der Waals surface area contributed by atoms with Gasteiger partial charge >= 0.3 is 0 Å². The summed E-state index contributed by atoms with van der Waals surface area (Å²) >= 11 is 3.42. The quantitative estimate of drug-likeness (QED) is 0.323. The molecule has 0 saturated carbocycles. The van der Waals surface area contributed by atoms with E-state index in [1.54, 1.807) is 6.21 Å². The molecule has 0 heterocycles. The van der Waals surface area contributed by atoms with Gasteiger partial charge in [-0.25, -0.2) is 0 Å². The minimum absolute atomic E-state index is 0.423. The van der Waals surface area contributed by atoms with Crippen LogP contribution in [0.25, 0.3) is 0 Å². The molecule has 0 spiro atoms. The monoisotopic (exact) mass is 389 g/mol. The van der Waals surface area contributed by atoms with Crippen molar-refractivity contribution in [3.05, 3.63) is 106 Å². The predicted octanol–water partition coefficient (Wildman–Crippen LogP) is 5.59. The Morgan fingerprint density at radius 1 is 0.840 bits per heavy atom. The molecule has 0 fully saturated rings. The Kier molecular flexibility index (Phi) is 6.03. The smallest absolute Gasteiger partial charge is 0.213 e. The van der Waals surface area contributed by atoms with Gasteiger partial charge in [-0.15, -0.1) is 0 Å². The van der Waals surface area contributed by atoms with E-state index < -0.39 is 6.10 Å². The lowest BCUT2D eigenvalue weighted by Gasteiger charge is -2.08. The van der Waals surface area contributed by atoms with Gasteiger partial charge in [0.05, 0.1) is 6.21 Å². The lowest BCUT2D eigenvalue weighted by atomic mass is 10.1. The molecule has 0 aliphatic heterocycles. The molecule has 0 bridgehead atoms. The van der Waals surface area contributed by atoms with Gasteiger partial charge in [0.15, 0.2) is 0 Å². The predicted molar refractivity (Wildman–Crippen MR) is 105 cm³/mol. The van der Waals surface area contributed by atoms with Gasteiger partial charge in [0.2, 0.25) is 6.10 Å². The zero-order valence-electron chi connectivity index (χ0n) is 13.5. The van der Waals surface area contributed by atoms with Gasteiger partial charge in [0.25, 0.3) is 0 Å². The van der Waals surface area contributed by atoms with E-state index in [0.717, 1.165) is 21.2 Å². The van der Waals surface area contributed by atoms with E-state index in [1.807, 2.05) is 84.9 Å². The molecule has 0 amide bonds. The second-order valence-corrected chi connectivity index (χ2v) is 6.23. The van der Waals surface area contributed by atoms with E-state index in [-0.39, 0.29) is 0 Å². The normalized spacial score (nSPS) is 11.6. The van der Waals surface area contributed by atoms with E-state index >= 15 is 0 Å². The number of rotatable bonds is 4. The highest BCUT2D eigenvalue weighted by atomic mass is 79.9. The van der Waals surface area contributed by atoms with Gasteiger partial charge in [0.1, 0.15) is 0 Å². The average molecular weight is 390 g/mol. The third-order valence-electron chi connectivity index (χ3n) is 3.46. The lowest BCUT2D eigenvalue weighted by Crippen LogP contribution is -1.98. The fourth-order valence-corrected chi connectivity index (χ4v) is 2.43. The first kappa shape index (κ1) is 17.0. The molecule has 1 unspecified atom stereocenters. The second kappa shape index (κ2) is 8.86. The maximum Gasteiger partial charge on any atom is 0.213 e. The van der Waals surface area contributed by atoms with E-state index in [4.69, 9.17) is 4.84 Å². The maximum absolute atomic E-state index is 5.67. The van der Waals surface area contributed by atoms with Gasteiger partial charge in [-0.3, -0.25) is 0 Å². The Hall–Kier alpha value is -2.83. The number of hydrogen-bond donors (Lipinski definition) is 0. The van der Waals surface area contributed by atoms with Crippen molar-refractivity contribution < 1.29 is 4.84 Å². The first-order valence-corrected chi connectivity index (χ1v) is 8.67. The summed E-state index contributed by atoms with van der Waals surface area (Å²) in [4.78, 5) is 5.67. The number of oxime groups is 1. The first-order chi connectivity index (χ1) is 12.3.